The topological polar surface area (TPSA) is 34.6 Å². The van der Waals surface area contributed by atoms with Gasteiger partial charge in [-0.1, -0.05) is 18.2 Å². The average Bonchev–Trinajstić information content (AvgIpc) is 2.79. The molecule has 0 bridgehead atoms. The van der Waals surface area contributed by atoms with Gasteiger partial charge in [0.15, 0.2) is 0 Å². The maximum Gasteiger partial charge on any atom is 0.0726 e. The molecule has 2 unspecified atom stereocenters. The van der Waals surface area contributed by atoms with Crippen LogP contribution in [0.1, 0.15) is 31.4 Å². The fraction of sp³-hybridized carbons (Fsp3) is 0.583. The molecule has 5 rings (SSSR count). The van der Waals surface area contributed by atoms with E-state index in [2.05, 4.69) is 63.9 Å². The summed E-state index contributed by atoms with van der Waals surface area (Å²) in [6.07, 6.45) is 7.87. The number of anilines is 1. The Labute approximate surface area is 175 Å². The first-order valence-corrected chi connectivity index (χ1v) is 11.5. The van der Waals surface area contributed by atoms with E-state index in [1.54, 1.807) is 0 Å². The Morgan fingerprint density at radius 1 is 1.03 bits per heavy atom. The standard InChI is InChI=1S/C24H34N5/c1-19-17-24(21-8-2-3-9-22(21)26-19)27-13-15-28(16-14-27)29-12-5-4-10-23(29)20-7-6-11-25-18-20/h2-3,8-10,17,20,23,25H,4-7,11-16,18H2,1H3. The molecule has 1 radical (unpaired) electrons. The highest BCUT2D eigenvalue weighted by Gasteiger charge is 2.35. The largest absolute Gasteiger partial charge is 0.368 e. The molecule has 1 aromatic heterocycles. The summed E-state index contributed by atoms with van der Waals surface area (Å²) in [6.45, 7) is 10.1. The number of hydrogen-bond donors (Lipinski definition) is 1. The van der Waals surface area contributed by atoms with Gasteiger partial charge in [0.2, 0.25) is 0 Å². The molecule has 0 saturated carbocycles. The Morgan fingerprint density at radius 3 is 2.72 bits per heavy atom. The van der Waals surface area contributed by atoms with Crippen LogP contribution in [0.2, 0.25) is 0 Å². The molecule has 3 aliphatic heterocycles. The number of nitrogens with one attached hydrogen (secondary N) is 1. The molecular formula is C24H34N5. The predicted octanol–water partition coefficient (Wildman–Crippen LogP) is 3.25. The number of fused-ring (bicyclic) bond motifs is 1. The number of benzene rings is 1. The maximum atomic E-state index is 4.73. The third kappa shape index (κ3) is 4.00. The summed E-state index contributed by atoms with van der Waals surface area (Å²) in [5.41, 5.74) is 3.57. The maximum absolute atomic E-state index is 4.73. The molecular weight excluding hydrogens is 358 g/mol. The van der Waals surface area contributed by atoms with E-state index >= 15 is 0 Å². The van der Waals surface area contributed by atoms with E-state index in [1.807, 2.05) is 0 Å². The normalized spacial score (nSPS) is 27.4. The molecule has 0 spiro atoms. The summed E-state index contributed by atoms with van der Waals surface area (Å²) in [4.78, 5) is 7.29. The summed E-state index contributed by atoms with van der Waals surface area (Å²) < 4.78 is 0. The second-order valence-electron chi connectivity index (χ2n) is 8.88. The van der Waals surface area contributed by atoms with Crippen LogP contribution in [-0.2, 0) is 0 Å². The van der Waals surface area contributed by atoms with E-state index in [0.29, 0.717) is 6.04 Å². The predicted molar refractivity (Wildman–Crippen MR) is 120 cm³/mol. The number of aryl methyl sites for hydroxylation is 1. The Hall–Kier alpha value is -1.69. The summed E-state index contributed by atoms with van der Waals surface area (Å²) in [5.74, 6) is 0.772. The number of hydrazine groups is 1. The fourth-order valence-electron chi connectivity index (χ4n) is 5.49. The second kappa shape index (κ2) is 8.58. The van der Waals surface area contributed by atoms with Crippen LogP contribution in [0.4, 0.5) is 5.69 Å². The number of pyridine rings is 1. The average molecular weight is 393 g/mol. The molecule has 3 fully saturated rings. The molecule has 155 valence electrons. The molecule has 2 atom stereocenters. The third-order valence-electron chi connectivity index (χ3n) is 6.94. The van der Waals surface area contributed by atoms with Gasteiger partial charge in [0, 0.05) is 55.5 Å². The van der Waals surface area contributed by atoms with Crippen molar-refractivity contribution in [2.75, 3.05) is 50.7 Å². The highest BCUT2D eigenvalue weighted by Crippen LogP contribution is 2.31. The van der Waals surface area contributed by atoms with Crippen molar-refractivity contribution in [1.29, 1.82) is 0 Å². The number of nitrogens with zero attached hydrogens (tertiary/aromatic N) is 4. The molecule has 2 aromatic rings. The lowest BCUT2D eigenvalue weighted by atomic mass is 9.86. The Morgan fingerprint density at radius 2 is 1.90 bits per heavy atom. The molecule has 0 aliphatic carbocycles. The minimum atomic E-state index is 0.618. The molecule has 3 aliphatic rings. The lowest BCUT2D eigenvalue weighted by molar-refractivity contribution is -0.0842. The highest BCUT2D eigenvalue weighted by atomic mass is 15.6. The van der Waals surface area contributed by atoms with Crippen LogP contribution >= 0.6 is 0 Å². The van der Waals surface area contributed by atoms with Crippen molar-refractivity contribution in [1.82, 2.24) is 20.3 Å². The summed E-state index contributed by atoms with van der Waals surface area (Å²) in [6, 6.07) is 11.5. The van der Waals surface area contributed by atoms with Gasteiger partial charge < -0.3 is 10.2 Å². The SMILES string of the molecule is Cc1cc(N2CCN(N3CCC[CH]C3C3CCCNC3)CC2)c2ccccc2n1. The lowest BCUT2D eigenvalue weighted by Crippen LogP contribution is -2.60. The first kappa shape index (κ1) is 19.3. The summed E-state index contributed by atoms with van der Waals surface area (Å²) >= 11 is 0. The third-order valence-corrected chi connectivity index (χ3v) is 6.94. The van der Waals surface area contributed by atoms with Gasteiger partial charge in [-0.3, -0.25) is 4.98 Å². The first-order valence-electron chi connectivity index (χ1n) is 11.5. The fourth-order valence-corrected chi connectivity index (χ4v) is 5.49. The zero-order valence-corrected chi connectivity index (χ0v) is 17.7. The Balaban J connectivity index is 1.30. The highest BCUT2D eigenvalue weighted by molar-refractivity contribution is 5.92. The molecule has 5 nitrogen and oxygen atoms in total. The van der Waals surface area contributed by atoms with E-state index in [9.17, 15) is 0 Å². The van der Waals surface area contributed by atoms with Crippen LogP contribution < -0.4 is 10.2 Å². The molecule has 1 aromatic carbocycles. The van der Waals surface area contributed by atoms with Crippen molar-refractivity contribution >= 4 is 16.6 Å². The van der Waals surface area contributed by atoms with E-state index in [-0.39, 0.29) is 0 Å². The molecule has 0 amide bonds. The zero-order valence-electron chi connectivity index (χ0n) is 17.7. The molecule has 1 N–H and O–H groups in total. The van der Waals surface area contributed by atoms with Crippen molar-refractivity contribution < 1.29 is 0 Å². The van der Waals surface area contributed by atoms with Crippen molar-refractivity contribution in [3.63, 3.8) is 0 Å². The van der Waals surface area contributed by atoms with Crippen LogP contribution in [0.5, 0.6) is 0 Å². The van der Waals surface area contributed by atoms with Crippen molar-refractivity contribution in [3.8, 4) is 0 Å². The van der Waals surface area contributed by atoms with E-state index in [1.165, 1.54) is 56.4 Å². The van der Waals surface area contributed by atoms with Crippen LogP contribution in [0, 0.1) is 19.3 Å². The number of hydrogen-bond acceptors (Lipinski definition) is 5. The number of piperazine rings is 1. The minimum absolute atomic E-state index is 0.618. The number of aromatic nitrogens is 1. The van der Waals surface area contributed by atoms with Crippen LogP contribution in [0.15, 0.2) is 30.3 Å². The van der Waals surface area contributed by atoms with Crippen molar-refractivity contribution in [2.24, 2.45) is 5.92 Å². The van der Waals surface area contributed by atoms with Gasteiger partial charge in [-0.2, -0.15) is 0 Å². The first-order chi connectivity index (χ1) is 14.3. The van der Waals surface area contributed by atoms with Gasteiger partial charge in [0.05, 0.1) is 5.52 Å². The van der Waals surface area contributed by atoms with Gasteiger partial charge in [-0.15, -0.1) is 0 Å². The molecule has 5 heteroatoms. The number of rotatable bonds is 3. The quantitative estimate of drug-likeness (QED) is 0.867. The smallest absolute Gasteiger partial charge is 0.0726 e. The summed E-state index contributed by atoms with van der Waals surface area (Å²) in [5, 5.41) is 10.3. The van der Waals surface area contributed by atoms with E-state index in [4.69, 9.17) is 4.98 Å². The van der Waals surface area contributed by atoms with Crippen LogP contribution in [-0.4, -0.2) is 66.9 Å². The Kier molecular flexibility index (Phi) is 5.71. The monoisotopic (exact) mass is 392 g/mol. The second-order valence-corrected chi connectivity index (χ2v) is 8.88. The van der Waals surface area contributed by atoms with E-state index in [0.717, 1.165) is 43.3 Å². The van der Waals surface area contributed by atoms with Crippen LogP contribution in [0.3, 0.4) is 0 Å². The van der Waals surface area contributed by atoms with Gasteiger partial charge >= 0.3 is 0 Å². The van der Waals surface area contributed by atoms with Gasteiger partial charge in [-0.25, -0.2) is 10.0 Å². The van der Waals surface area contributed by atoms with Crippen molar-refractivity contribution in [2.45, 2.75) is 38.6 Å². The zero-order chi connectivity index (χ0) is 19.6. The van der Waals surface area contributed by atoms with Gasteiger partial charge in [0.1, 0.15) is 0 Å². The van der Waals surface area contributed by atoms with Gasteiger partial charge in [0.25, 0.3) is 0 Å². The summed E-state index contributed by atoms with van der Waals surface area (Å²) in [7, 11) is 0. The molecule has 4 heterocycles. The molecule has 29 heavy (non-hydrogen) atoms. The minimum Gasteiger partial charge on any atom is -0.368 e. The van der Waals surface area contributed by atoms with E-state index < -0.39 is 0 Å². The lowest BCUT2D eigenvalue weighted by Gasteiger charge is -2.49. The van der Waals surface area contributed by atoms with Crippen molar-refractivity contribution in [3.05, 3.63) is 42.4 Å². The number of para-hydroxylation sites is 1. The van der Waals surface area contributed by atoms with Crippen LogP contribution in [0.25, 0.3) is 10.9 Å². The number of piperidine rings is 2. The molecule has 3 saturated heterocycles. The van der Waals surface area contributed by atoms with Gasteiger partial charge in [-0.05, 0) is 70.2 Å². The Bertz CT molecular complexity index is 823.